The molecule has 0 atom stereocenters. The summed E-state index contributed by atoms with van der Waals surface area (Å²) in [5.41, 5.74) is 5.65. The maximum atomic E-state index is 13.3. The number of sulfonamides is 1. The van der Waals surface area contributed by atoms with Crippen LogP contribution in [-0.2, 0) is 16.6 Å². The molecule has 2 aromatic rings. The summed E-state index contributed by atoms with van der Waals surface area (Å²) < 4.78 is 52.5. The van der Waals surface area contributed by atoms with Crippen molar-refractivity contribution in [3.8, 4) is 0 Å². The molecule has 106 valence electrons. The number of hydrogen-bond donors (Lipinski definition) is 2. The molecule has 0 bridgehead atoms. The topological polar surface area (TPSA) is 72.2 Å². The number of anilines is 1. The maximum Gasteiger partial charge on any atom is 0.261 e. The molecule has 0 radical (unpaired) electrons. The lowest BCUT2D eigenvalue weighted by atomic mass is 10.2. The molecule has 7 heteroatoms. The van der Waals surface area contributed by atoms with Crippen molar-refractivity contribution in [2.45, 2.75) is 11.4 Å². The highest BCUT2D eigenvalue weighted by Gasteiger charge is 2.16. The summed E-state index contributed by atoms with van der Waals surface area (Å²) in [6.45, 7) is -0.105. The Balaban J connectivity index is 2.33. The first kappa shape index (κ1) is 14.4. The molecule has 3 N–H and O–H groups in total. The van der Waals surface area contributed by atoms with Crippen molar-refractivity contribution in [2.24, 2.45) is 5.73 Å². The van der Waals surface area contributed by atoms with Crippen molar-refractivity contribution in [3.05, 3.63) is 59.7 Å². The molecule has 4 nitrogen and oxygen atoms in total. The van der Waals surface area contributed by atoms with Crippen LogP contribution in [0.1, 0.15) is 5.56 Å². The van der Waals surface area contributed by atoms with Crippen LogP contribution < -0.4 is 10.5 Å². The van der Waals surface area contributed by atoms with Crippen LogP contribution in [0.15, 0.2) is 47.4 Å². The zero-order valence-corrected chi connectivity index (χ0v) is 11.1. The normalized spacial score (nSPS) is 11.3. The van der Waals surface area contributed by atoms with E-state index in [-0.39, 0.29) is 22.7 Å². The SMILES string of the molecule is NCc1cc(S(=O)(=O)Nc2ccc(F)cc2)ccc1F. The van der Waals surface area contributed by atoms with Gasteiger partial charge in [0, 0.05) is 17.8 Å². The molecule has 0 amide bonds. The highest BCUT2D eigenvalue weighted by Crippen LogP contribution is 2.19. The van der Waals surface area contributed by atoms with Crippen molar-refractivity contribution in [1.82, 2.24) is 0 Å². The second-order valence-corrected chi connectivity index (χ2v) is 5.75. The summed E-state index contributed by atoms with van der Waals surface area (Å²) in [4.78, 5) is -0.108. The first-order valence-corrected chi connectivity index (χ1v) is 7.17. The Morgan fingerprint density at radius 2 is 1.70 bits per heavy atom. The van der Waals surface area contributed by atoms with Crippen LogP contribution in [0.3, 0.4) is 0 Å². The summed E-state index contributed by atoms with van der Waals surface area (Å²) in [5, 5.41) is 0. The van der Waals surface area contributed by atoms with Gasteiger partial charge in [-0.2, -0.15) is 0 Å². The van der Waals surface area contributed by atoms with Gasteiger partial charge in [-0.3, -0.25) is 4.72 Å². The molecule has 0 saturated carbocycles. The summed E-state index contributed by atoms with van der Waals surface area (Å²) in [5.74, 6) is -1.03. The minimum atomic E-state index is -3.87. The predicted molar refractivity (Wildman–Crippen MR) is 71.5 cm³/mol. The Morgan fingerprint density at radius 3 is 2.30 bits per heavy atom. The third-order valence-corrected chi connectivity index (χ3v) is 4.02. The Bertz CT molecular complexity index is 716. The fourth-order valence-corrected chi connectivity index (χ4v) is 2.72. The van der Waals surface area contributed by atoms with E-state index in [2.05, 4.69) is 4.72 Å². The largest absolute Gasteiger partial charge is 0.326 e. The van der Waals surface area contributed by atoms with Crippen LogP contribution in [0, 0.1) is 11.6 Å². The van der Waals surface area contributed by atoms with E-state index in [1.165, 1.54) is 18.2 Å². The Labute approximate surface area is 115 Å². The Morgan fingerprint density at radius 1 is 1.05 bits per heavy atom. The lowest BCUT2D eigenvalue weighted by Crippen LogP contribution is -2.14. The van der Waals surface area contributed by atoms with Crippen molar-refractivity contribution in [1.29, 1.82) is 0 Å². The standard InChI is InChI=1S/C13H12F2N2O2S/c14-10-1-3-11(4-2-10)17-20(18,19)12-5-6-13(15)9(7-12)8-16/h1-7,17H,8,16H2. The van der Waals surface area contributed by atoms with Gasteiger partial charge in [-0.15, -0.1) is 0 Å². The summed E-state index contributed by atoms with van der Waals surface area (Å²) in [7, 11) is -3.87. The third-order valence-electron chi connectivity index (χ3n) is 2.64. The van der Waals surface area contributed by atoms with Gasteiger partial charge in [-0.05, 0) is 42.5 Å². The van der Waals surface area contributed by atoms with Gasteiger partial charge in [0.25, 0.3) is 10.0 Å². The third kappa shape index (κ3) is 3.12. The quantitative estimate of drug-likeness (QED) is 0.909. The molecular weight excluding hydrogens is 286 g/mol. The zero-order valence-electron chi connectivity index (χ0n) is 10.3. The lowest BCUT2D eigenvalue weighted by Gasteiger charge is -2.09. The van der Waals surface area contributed by atoms with Gasteiger partial charge in [-0.25, -0.2) is 17.2 Å². The second kappa shape index (κ2) is 5.56. The number of halogens is 2. The molecule has 0 aromatic heterocycles. The van der Waals surface area contributed by atoms with Crippen LogP contribution in [-0.4, -0.2) is 8.42 Å². The molecule has 0 unspecified atom stereocenters. The van der Waals surface area contributed by atoms with Crippen molar-refractivity contribution < 1.29 is 17.2 Å². The van der Waals surface area contributed by atoms with E-state index in [0.717, 1.165) is 24.3 Å². The molecule has 0 aliphatic rings. The van der Waals surface area contributed by atoms with Gasteiger partial charge in [0.2, 0.25) is 0 Å². The Kier molecular flexibility index (Phi) is 4.01. The van der Waals surface area contributed by atoms with Gasteiger partial charge in [-0.1, -0.05) is 0 Å². The van der Waals surface area contributed by atoms with Gasteiger partial charge in [0.1, 0.15) is 11.6 Å². The fourth-order valence-electron chi connectivity index (χ4n) is 1.61. The number of hydrogen-bond acceptors (Lipinski definition) is 3. The number of nitrogens with one attached hydrogen (secondary N) is 1. The van der Waals surface area contributed by atoms with Gasteiger partial charge in [0.05, 0.1) is 4.90 Å². The molecule has 0 heterocycles. The first-order chi connectivity index (χ1) is 9.42. The summed E-state index contributed by atoms with van der Waals surface area (Å²) >= 11 is 0. The molecule has 0 aliphatic carbocycles. The van der Waals surface area contributed by atoms with Crippen molar-refractivity contribution >= 4 is 15.7 Å². The first-order valence-electron chi connectivity index (χ1n) is 5.69. The molecule has 0 fully saturated rings. The predicted octanol–water partition coefficient (Wildman–Crippen LogP) is 2.22. The molecule has 2 aromatic carbocycles. The van der Waals surface area contributed by atoms with Crippen molar-refractivity contribution in [3.63, 3.8) is 0 Å². The van der Waals surface area contributed by atoms with E-state index < -0.39 is 21.7 Å². The van der Waals surface area contributed by atoms with Crippen LogP contribution in [0.5, 0.6) is 0 Å². The van der Waals surface area contributed by atoms with Gasteiger partial charge >= 0.3 is 0 Å². The number of nitrogens with two attached hydrogens (primary N) is 1. The number of benzene rings is 2. The van der Waals surface area contributed by atoms with Gasteiger partial charge < -0.3 is 5.73 Å². The molecule has 2 rings (SSSR count). The van der Waals surface area contributed by atoms with Crippen LogP contribution in [0.25, 0.3) is 0 Å². The minimum absolute atomic E-state index is 0.104. The lowest BCUT2D eigenvalue weighted by molar-refractivity contribution is 0.596. The number of rotatable bonds is 4. The zero-order chi connectivity index (χ0) is 14.8. The maximum absolute atomic E-state index is 13.3. The molecule has 0 aliphatic heterocycles. The average molecular weight is 298 g/mol. The molecule has 0 spiro atoms. The smallest absolute Gasteiger partial charge is 0.261 e. The minimum Gasteiger partial charge on any atom is -0.326 e. The molecule has 20 heavy (non-hydrogen) atoms. The molecule has 0 saturated heterocycles. The monoisotopic (exact) mass is 298 g/mol. The van der Waals surface area contributed by atoms with Crippen LogP contribution in [0.2, 0.25) is 0 Å². The van der Waals surface area contributed by atoms with E-state index in [4.69, 9.17) is 5.73 Å². The average Bonchev–Trinajstić information content (AvgIpc) is 2.41. The highest BCUT2D eigenvalue weighted by atomic mass is 32.2. The van der Waals surface area contributed by atoms with Crippen LogP contribution >= 0.6 is 0 Å². The Hall–Kier alpha value is -1.99. The summed E-state index contributed by atoms with van der Waals surface area (Å²) in [6, 6.07) is 8.20. The van der Waals surface area contributed by atoms with E-state index in [1.54, 1.807) is 0 Å². The second-order valence-electron chi connectivity index (χ2n) is 4.07. The van der Waals surface area contributed by atoms with E-state index >= 15 is 0 Å². The molecular formula is C13H12F2N2O2S. The van der Waals surface area contributed by atoms with Crippen LogP contribution in [0.4, 0.5) is 14.5 Å². The summed E-state index contributed by atoms with van der Waals surface area (Å²) in [6.07, 6.45) is 0. The fraction of sp³-hybridized carbons (Fsp3) is 0.0769. The van der Waals surface area contributed by atoms with E-state index in [1.807, 2.05) is 0 Å². The van der Waals surface area contributed by atoms with Gasteiger partial charge in [0.15, 0.2) is 0 Å². The van der Waals surface area contributed by atoms with Crippen molar-refractivity contribution in [2.75, 3.05) is 4.72 Å². The van der Waals surface area contributed by atoms with E-state index in [0.29, 0.717) is 0 Å². The highest BCUT2D eigenvalue weighted by molar-refractivity contribution is 7.92. The van der Waals surface area contributed by atoms with E-state index in [9.17, 15) is 17.2 Å².